The summed E-state index contributed by atoms with van der Waals surface area (Å²) in [5.41, 5.74) is -0.950. The highest BCUT2D eigenvalue weighted by Crippen LogP contribution is 2.30. The van der Waals surface area contributed by atoms with Gasteiger partial charge < -0.3 is 14.2 Å². The lowest BCUT2D eigenvalue weighted by Crippen LogP contribution is -2.51. The van der Waals surface area contributed by atoms with Gasteiger partial charge in [0.25, 0.3) is 0 Å². The van der Waals surface area contributed by atoms with E-state index in [2.05, 4.69) is 4.72 Å². The first-order chi connectivity index (χ1) is 12.3. The number of hydrogen-bond acceptors (Lipinski definition) is 6. The van der Waals surface area contributed by atoms with Gasteiger partial charge in [0.1, 0.15) is 23.7 Å². The molecule has 1 fully saturated rings. The van der Waals surface area contributed by atoms with Gasteiger partial charge in [-0.15, -0.1) is 0 Å². The summed E-state index contributed by atoms with van der Waals surface area (Å²) in [5, 5.41) is 0. The minimum absolute atomic E-state index is 0.224. The number of benzene rings is 1. The van der Waals surface area contributed by atoms with Crippen LogP contribution in [0.15, 0.2) is 24.3 Å². The van der Waals surface area contributed by atoms with Crippen molar-refractivity contribution in [3.05, 3.63) is 24.3 Å². The number of sulfonamides is 1. The van der Waals surface area contributed by atoms with Crippen molar-refractivity contribution in [3.8, 4) is 5.75 Å². The maximum absolute atomic E-state index is 12.6. The summed E-state index contributed by atoms with van der Waals surface area (Å²) < 4.78 is 41.9. The van der Waals surface area contributed by atoms with Gasteiger partial charge in [-0.05, 0) is 58.9 Å². The molecule has 27 heavy (non-hydrogen) atoms. The summed E-state index contributed by atoms with van der Waals surface area (Å²) >= 11 is 0. The molecule has 9 heteroatoms. The number of nitrogens with zero attached hydrogens (tertiary/aromatic N) is 1. The molecule has 1 heterocycles. The van der Waals surface area contributed by atoms with Gasteiger partial charge in [-0.25, -0.2) is 13.2 Å². The van der Waals surface area contributed by atoms with Crippen LogP contribution in [-0.2, 0) is 19.5 Å². The van der Waals surface area contributed by atoms with Crippen molar-refractivity contribution in [3.63, 3.8) is 0 Å². The topological polar surface area (TPSA) is 94.2 Å². The van der Waals surface area contributed by atoms with Crippen LogP contribution in [0.3, 0.4) is 0 Å². The van der Waals surface area contributed by atoms with Crippen molar-refractivity contribution in [1.82, 2.24) is 4.90 Å². The molecule has 1 aliphatic rings. The summed E-state index contributed by atoms with van der Waals surface area (Å²) in [6.07, 6.45) is 0.635. The molecule has 0 saturated carbocycles. The van der Waals surface area contributed by atoms with Crippen LogP contribution in [-0.4, -0.2) is 56.2 Å². The molecule has 0 unspecified atom stereocenters. The second-order valence-corrected chi connectivity index (χ2v) is 9.72. The third kappa shape index (κ3) is 6.28. The summed E-state index contributed by atoms with van der Waals surface area (Å²) in [7, 11) is -3.33. The number of carbonyl (C=O) groups is 1. The summed E-state index contributed by atoms with van der Waals surface area (Å²) in [6.45, 7) is 9.61. The molecule has 8 nitrogen and oxygen atoms in total. The average Bonchev–Trinajstić information content (AvgIpc) is 2.78. The standard InChI is InChI=1S/C18H28N2O6S/c1-17(2,3)26-16(21)20-14(12-25-18(20,4)5)11-24-15-9-7-13(8-10-15)19-27(6,22)23/h7-10,14,19H,11-12H2,1-6H3/t14-/m0/s1. The first-order valence-electron chi connectivity index (χ1n) is 8.64. The molecule has 1 aromatic carbocycles. The number of rotatable bonds is 5. The number of carbonyl (C=O) groups excluding carboxylic acids is 1. The highest BCUT2D eigenvalue weighted by molar-refractivity contribution is 7.92. The van der Waals surface area contributed by atoms with Crippen LogP contribution in [0.1, 0.15) is 34.6 Å². The van der Waals surface area contributed by atoms with Gasteiger partial charge in [-0.2, -0.15) is 0 Å². The predicted octanol–water partition coefficient (Wildman–Crippen LogP) is 2.81. The maximum Gasteiger partial charge on any atom is 0.413 e. The quantitative estimate of drug-likeness (QED) is 0.817. The Balaban J connectivity index is 2.02. The Bertz CT molecular complexity index is 768. The second kappa shape index (κ2) is 7.55. The van der Waals surface area contributed by atoms with Crippen molar-refractivity contribution in [2.45, 2.75) is 52.0 Å². The predicted molar refractivity (Wildman–Crippen MR) is 102 cm³/mol. The maximum atomic E-state index is 12.6. The number of anilines is 1. The zero-order valence-corrected chi connectivity index (χ0v) is 17.4. The molecule has 1 N–H and O–H groups in total. The second-order valence-electron chi connectivity index (χ2n) is 7.97. The van der Waals surface area contributed by atoms with Crippen LogP contribution >= 0.6 is 0 Å². The van der Waals surface area contributed by atoms with Crippen LogP contribution in [0.4, 0.5) is 10.5 Å². The van der Waals surface area contributed by atoms with Gasteiger partial charge in [-0.3, -0.25) is 9.62 Å². The van der Waals surface area contributed by atoms with Crippen LogP contribution in [0.5, 0.6) is 5.75 Å². The Hall–Kier alpha value is -2.00. The fourth-order valence-electron chi connectivity index (χ4n) is 2.71. The van der Waals surface area contributed by atoms with E-state index in [1.165, 1.54) is 0 Å². The third-order valence-electron chi connectivity index (χ3n) is 3.76. The first-order valence-corrected chi connectivity index (χ1v) is 10.5. The van der Waals surface area contributed by atoms with E-state index in [4.69, 9.17) is 14.2 Å². The monoisotopic (exact) mass is 400 g/mol. The molecular weight excluding hydrogens is 372 g/mol. The largest absolute Gasteiger partial charge is 0.491 e. The lowest BCUT2D eigenvalue weighted by atomic mass is 10.2. The minimum Gasteiger partial charge on any atom is -0.491 e. The molecule has 1 atom stereocenters. The van der Waals surface area contributed by atoms with Gasteiger partial charge in [0.2, 0.25) is 10.0 Å². The van der Waals surface area contributed by atoms with Crippen LogP contribution in [0.25, 0.3) is 0 Å². The molecule has 1 amide bonds. The summed E-state index contributed by atoms with van der Waals surface area (Å²) in [6, 6.07) is 6.23. The zero-order chi connectivity index (χ0) is 20.5. The Morgan fingerprint density at radius 1 is 1.30 bits per heavy atom. The van der Waals surface area contributed by atoms with Gasteiger partial charge in [-0.1, -0.05) is 0 Å². The normalized spacial score (nSPS) is 19.6. The van der Waals surface area contributed by atoms with Gasteiger partial charge in [0.15, 0.2) is 0 Å². The lowest BCUT2D eigenvalue weighted by Gasteiger charge is -2.35. The van der Waals surface area contributed by atoms with E-state index in [0.29, 0.717) is 18.0 Å². The van der Waals surface area contributed by atoms with Gasteiger partial charge >= 0.3 is 6.09 Å². The van der Waals surface area contributed by atoms with Gasteiger partial charge in [0, 0.05) is 5.69 Å². The number of ether oxygens (including phenoxy) is 3. The fraction of sp³-hybridized carbons (Fsp3) is 0.611. The van der Waals surface area contributed by atoms with E-state index in [-0.39, 0.29) is 12.6 Å². The first kappa shape index (κ1) is 21.3. The molecule has 0 radical (unpaired) electrons. The van der Waals surface area contributed by atoms with E-state index in [9.17, 15) is 13.2 Å². The molecule has 0 aliphatic carbocycles. The van der Waals surface area contributed by atoms with Crippen molar-refractivity contribution >= 4 is 21.8 Å². The SMILES string of the molecule is CC(C)(C)OC(=O)N1[C@@H](COc2ccc(NS(C)(=O)=O)cc2)COC1(C)C. The van der Waals surface area contributed by atoms with E-state index < -0.39 is 27.4 Å². The van der Waals surface area contributed by atoms with Crippen LogP contribution in [0, 0.1) is 0 Å². The smallest absolute Gasteiger partial charge is 0.413 e. The molecule has 0 aromatic heterocycles. The highest BCUT2D eigenvalue weighted by atomic mass is 32.2. The molecule has 1 aliphatic heterocycles. The fourth-order valence-corrected chi connectivity index (χ4v) is 3.28. The molecule has 0 bridgehead atoms. The Morgan fingerprint density at radius 2 is 1.89 bits per heavy atom. The Labute approximate surface area is 160 Å². The molecule has 152 valence electrons. The minimum atomic E-state index is -3.33. The molecule has 1 saturated heterocycles. The summed E-state index contributed by atoms with van der Waals surface area (Å²) in [5.74, 6) is 0.558. The number of nitrogens with one attached hydrogen (secondary N) is 1. The van der Waals surface area contributed by atoms with Crippen molar-refractivity contribution in [1.29, 1.82) is 0 Å². The van der Waals surface area contributed by atoms with E-state index in [1.807, 2.05) is 34.6 Å². The number of amides is 1. The lowest BCUT2D eigenvalue weighted by molar-refractivity contribution is -0.0637. The van der Waals surface area contributed by atoms with Crippen molar-refractivity contribution in [2.24, 2.45) is 0 Å². The molecule has 0 spiro atoms. The summed E-state index contributed by atoms with van der Waals surface area (Å²) in [4.78, 5) is 14.1. The average molecular weight is 400 g/mol. The Morgan fingerprint density at radius 3 is 2.41 bits per heavy atom. The van der Waals surface area contributed by atoms with E-state index in [1.54, 1.807) is 29.2 Å². The zero-order valence-electron chi connectivity index (χ0n) is 16.6. The van der Waals surface area contributed by atoms with Crippen LogP contribution in [0.2, 0.25) is 0 Å². The van der Waals surface area contributed by atoms with Crippen molar-refractivity contribution in [2.75, 3.05) is 24.2 Å². The number of hydrogen-bond donors (Lipinski definition) is 1. The van der Waals surface area contributed by atoms with Gasteiger partial charge in [0.05, 0.1) is 18.9 Å². The van der Waals surface area contributed by atoms with E-state index in [0.717, 1.165) is 6.26 Å². The van der Waals surface area contributed by atoms with Crippen LogP contribution < -0.4 is 9.46 Å². The third-order valence-corrected chi connectivity index (χ3v) is 4.37. The highest BCUT2D eigenvalue weighted by Gasteiger charge is 2.46. The molecule has 2 rings (SSSR count). The molecule has 1 aromatic rings. The Kier molecular flexibility index (Phi) is 5.96. The van der Waals surface area contributed by atoms with E-state index >= 15 is 0 Å². The molecular formula is C18H28N2O6S. The van der Waals surface area contributed by atoms with Crippen molar-refractivity contribution < 1.29 is 27.4 Å².